The monoisotopic (exact) mass is 648 g/mol. The molecule has 0 aliphatic heterocycles. The van der Waals surface area contributed by atoms with Crippen molar-refractivity contribution in [1.29, 1.82) is 5.26 Å². The molecule has 10 rings (SSSR count). The fourth-order valence-electron chi connectivity index (χ4n) is 8.30. The van der Waals surface area contributed by atoms with E-state index in [-0.39, 0.29) is 0 Å². The van der Waals surface area contributed by atoms with Gasteiger partial charge in [0, 0.05) is 29.1 Å². The third kappa shape index (κ3) is 4.29. The first-order chi connectivity index (χ1) is 25.2. The minimum Gasteiger partial charge on any atom is -0.265 e. The van der Waals surface area contributed by atoms with Crippen molar-refractivity contribution in [2.45, 2.75) is 5.41 Å². The Morgan fingerprint density at radius 2 is 0.882 bits per heavy atom. The van der Waals surface area contributed by atoms with Gasteiger partial charge in [0.15, 0.2) is 5.82 Å². The van der Waals surface area contributed by atoms with Crippen LogP contribution in [0.3, 0.4) is 0 Å². The lowest BCUT2D eigenvalue weighted by molar-refractivity contribution is 0.775. The molecule has 0 amide bonds. The van der Waals surface area contributed by atoms with Gasteiger partial charge in [0.1, 0.15) is 0 Å². The summed E-state index contributed by atoms with van der Waals surface area (Å²) in [4.78, 5) is 14.4. The molecular formula is C47H28N4. The topological polar surface area (TPSA) is 62.5 Å². The fraction of sp³-hybridized carbons (Fsp3) is 0.0213. The Morgan fingerprint density at radius 3 is 1.47 bits per heavy atom. The van der Waals surface area contributed by atoms with Crippen molar-refractivity contribution < 1.29 is 0 Å². The van der Waals surface area contributed by atoms with Gasteiger partial charge in [0.2, 0.25) is 0 Å². The maximum atomic E-state index is 9.43. The van der Waals surface area contributed by atoms with Crippen LogP contribution < -0.4 is 0 Å². The van der Waals surface area contributed by atoms with E-state index in [1.54, 1.807) is 12.4 Å². The lowest BCUT2D eigenvalue weighted by Gasteiger charge is -2.35. The van der Waals surface area contributed by atoms with Crippen LogP contribution in [0.15, 0.2) is 170 Å². The van der Waals surface area contributed by atoms with E-state index < -0.39 is 5.41 Å². The summed E-state index contributed by atoms with van der Waals surface area (Å²) in [6.07, 6.45) is 3.53. The second kappa shape index (κ2) is 11.3. The molecule has 4 heteroatoms. The lowest BCUT2D eigenvalue weighted by Crippen LogP contribution is -2.29. The van der Waals surface area contributed by atoms with Gasteiger partial charge in [0.05, 0.1) is 28.4 Å². The Morgan fingerprint density at radius 1 is 0.412 bits per heavy atom. The van der Waals surface area contributed by atoms with Gasteiger partial charge in [-0.05, 0) is 92.0 Å². The van der Waals surface area contributed by atoms with Crippen molar-refractivity contribution in [1.82, 2.24) is 15.0 Å². The summed E-state index contributed by atoms with van der Waals surface area (Å²) < 4.78 is 0. The predicted octanol–water partition coefficient (Wildman–Crippen LogP) is 10.8. The Labute approximate surface area is 296 Å². The molecule has 0 atom stereocenters. The van der Waals surface area contributed by atoms with Gasteiger partial charge in [-0.25, -0.2) is 9.97 Å². The molecule has 8 aromatic rings. The molecule has 0 bridgehead atoms. The SMILES string of the molecule is N#Cc1ccc(-c2cc(-c3ccc4c(c3)-c3ccccc3-c3ccccc3C43c4ccccc4-c4ccccc43)nc(-c3ccncc3)n2)cc1. The number of hydrogen-bond acceptors (Lipinski definition) is 4. The number of benzene rings is 6. The van der Waals surface area contributed by atoms with Gasteiger partial charge in [0.25, 0.3) is 0 Å². The molecule has 4 nitrogen and oxygen atoms in total. The van der Waals surface area contributed by atoms with Crippen LogP contribution in [0.1, 0.15) is 27.8 Å². The van der Waals surface area contributed by atoms with Gasteiger partial charge in [-0.15, -0.1) is 0 Å². The average molecular weight is 649 g/mol. The number of pyridine rings is 1. The number of nitriles is 1. The van der Waals surface area contributed by atoms with E-state index in [1.165, 1.54) is 55.6 Å². The van der Waals surface area contributed by atoms with Crippen LogP contribution in [0.4, 0.5) is 0 Å². The van der Waals surface area contributed by atoms with Crippen molar-refractivity contribution in [3.63, 3.8) is 0 Å². The minimum absolute atomic E-state index is 0.530. The second-order valence-corrected chi connectivity index (χ2v) is 13.1. The van der Waals surface area contributed by atoms with Crippen LogP contribution in [0.5, 0.6) is 0 Å². The first-order valence-electron chi connectivity index (χ1n) is 17.1. The number of hydrogen-bond donors (Lipinski definition) is 0. The molecule has 0 saturated heterocycles. The summed E-state index contributed by atoms with van der Waals surface area (Å²) in [6, 6.07) is 58.1. The van der Waals surface area contributed by atoms with Gasteiger partial charge in [-0.1, -0.05) is 121 Å². The van der Waals surface area contributed by atoms with Crippen LogP contribution in [0.2, 0.25) is 0 Å². The quantitative estimate of drug-likeness (QED) is 0.191. The summed E-state index contributed by atoms with van der Waals surface area (Å²) in [5.41, 5.74) is 17.0. The third-order valence-electron chi connectivity index (χ3n) is 10.5. The number of rotatable bonds is 3. The molecule has 2 aliphatic rings. The number of aromatic nitrogens is 3. The Kier molecular flexibility index (Phi) is 6.43. The van der Waals surface area contributed by atoms with Crippen LogP contribution in [0.25, 0.3) is 67.3 Å². The van der Waals surface area contributed by atoms with Gasteiger partial charge >= 0.3 is 0 Å². The summed E-state index contributed by atoms with van der Waals surface area (Å²) in [5.74, 6) is 0.618. The Hall–Kier alpha value is -6.96. The van der Waals surface area contributed by atoms with Crippen LogP contribution in [0, 0.1) is 11.3 Å². The van der Waals surface area contributed by atoms with E-state index in [0.29, 0.717) is 11.4 Å². The highest BCUT2D eigenvalue weighted by Gasteiger charge is 2.49. The van der Waals surface area contributed by atoms with Crippen molar-refractivity contribution >= 4 is 0 Å². The van der Waals surface area contributed by atoms with Gasteiger partial charge in [-0.3, -0.25) is 4.98 Å². The van der Waals surface area contributed by atoms with Crippen molar-refractivity contribution in [3.8, 4) is 73.4 Å². The highest BCUT2D eigenvalue weighted by atomic mass is 14.9. The van der Waals surface area contributed by atoms with Gasteiger partial charge in [-0.2, -0.15) is 5.26 Å². The maximum Gasteiger partial charge on any atom is 0.160 e. The zero-order valence-corrected chi connectivity index (χ0v) is 27.5. The fourth-order valence-corrected chi connectivity index (χ4v) is 8.30. The minimum atomic E-state index is -0.530. The van der Waals surface area contributed by atoms with Crippen LogP contribution >= 0.6 is 0 Å². The zero-order chi connectivity index (χ0) is 33.9. The predicted molar refractivity (Wildman–Crippen MR) is 203 cm³/mol. The molecule has 0 saturated carbocycles. The molecule has 1 spiro atoms. The standard InChI is InChI=1S/C47H28N4/c48-29-30-17-19-31(20-18-30)44-28-45(51-46(50-44)32-23-25-49-26-24-32)33-21-22-43-39(27-33)35-10-2-1-9-34(35)36-11-3-6-14-40(36)47(43)41-15-7-4-12-37(41)38-13-5-8-16-42(38)47/h1-28H. The number of fused-ring (bicyclic) bond motifs is 12. The smallest absolute Gasteiger partial charge is 0.160 e. The molecule has 2 aromatic heterocycles. The Balaban J connectivity index is 1.28. The van der Waals surface area contributed by atoms with Crippen molar-refractivity contribution in [2.24, 2.45) is 0 Å². The molecule has 6 aromatic carbocycles. The summed E-state index contributed by atoms with van der Waals surface area (Å²) >= 11 is 0. The zero-order valence-electron chi connectivity index (χ0n) is 27.5. The molecule has 0 unspecified atom stereocenters. The highest BCUT2D eigenvalue weighted by Crippen LogP contribution is 2.61. The van der Waals surface area contributed by atoms with E-state index in [1.807, 2.05) is 36.4 Å². The first-order valence-corrected chi connectivity index (χ1v) is 17.1. The molecule has 0 N–H and O–H groups in total. The second-order valence-electron chi connectivity index (χ2n) is 13.1. The molecule has 51 heavy (non-hydrogen) atoms. The molecule has 2 aliphatic carbocycles. The summed E-state index contributed by atoms with van der Waals surface area (Å²) in [7, 11) is 0. The van der Waals surface area contributed by atoms with E-state index in [0.717, 1.165) is 28.1 Å². The van der Waals surface area contributed by atoms with Crippen LogP contribution in [-0.4, -0.2) is 15.0 Å². The molecule has 236 valence electrons. The van der Waals surface area contributed by atoms with Crippen molar-refractivity contribution in [3.05, 3.63) is 198 Å². The third-order valence-corrected chi connectivity index (χ3v) is 10.5. The van der Waals surface area contributed by atoms with Crippen molar-refractivity contribution in [2.75, 3.05) is 0 Å². The first kappa shape index (κ1) is 29.0. The molecule has 2 heterocycles. The largest absolute Gasteiger partial charge is 0.265 e. The van der Waals surface area contributed by atoms with E-state index in [2.05, 4.69) is 132 Å². The van der Waals surface area contributed by atoms with E-state index in [4.69, 9.17) is 9.97 Å². The molecule has 0 radical (unpaired) electrons. The summed E-state index contributed by atoms with van der Waals surface area (Å²) in [6.45, 7) is 0. The molecular weight excluding hydrogens is 621 g/mol. The normalized spacial score (nSPS) is 12.8. The van der Waals surface area contributed by atoms with Crippen LogP contribution in [-0.2, 0) is 5.41 Å². The maximum absolute atomic E-state index is 9.43. The van der Waals surface area contributed by atoms with E-state index in [9.17, 15) is 5.26 Å². The molecule has 0 fully saturated rings. The summed E-state index contributed by atoms with van der Waals surface area (Å²) in [5, 5.41) is 9.43. The lowest BCUT2D eigenvalue weighted by atomic mass is 9.66. The highest BCUT2D eigenvalue weighted by molar-refractivity contribution is 5.98. The average Bonchev–Trinajstić information content (AvgIpc) is 3.46. The van der Waals surface area contributed by atoms with E-state index >= 15 is 0 Å². The Bertz CT molecular complexity index is 2660. The number of nitrogens with zero attached hydrogens (tertiary/aromatic N) is 4. The van der Waals surface area contributed by atoms with Gasteiger partial charge < -0.3 is 0 Å².